The van der Waals surface area contributed by atoms with Gasteiger partial charge in [0.25, 0.3) is 5.91 Å². The number of amides is 1. The Morgan fingerprint density at radius 2 is 1.83 bits per heavy atom. The molecule has 0 saturated heterocycles. The molecule has 0 atom stereocenters. The van der Waals surface area contributed by atoms with Crippen LogP contribution in [0.25, 0.3) is 16.4 Å². The highest BCUT2D eigenvalue weighted by Crippen LogP contribution is 2.28. The van der Waals surface area contributed by atoms with Gasteiger partial charge in [0.2, 0.25) is 5.13 Å². The summed E-state index contributed by atoms with van der Waals surface area (Å²) in [6.07, 6.45) is 0. The van der Waals surface area contributed by atoms with Gasteiger partial charge in [-0.15, -0.1) is 11.3 Å². The topological polar surface area (TPSA) is 78.3 Å². The van der Waals surface area contributed by atoms with Crippen molar-refractivity contribution in [3.63, 3.8) is 0 Å². The monoisotopic (exact) mass is 420 g/mol. The summed E-state index contributed by atoms with van der Waals surface area (Å²) < 4.78 is 12.1. The predicted molar refractivity (Wildman–Crippen MR) is 117 cm³/mol. The molecule has 30 heavy (non-hydrogen) atoms. The van der Waals surface area contributed by atoms with Gasteiger partial charge in [-0.25, -0.2) is 4.98 Å². The van der Waals surface area contributed by atoms with Gasteiger partial charge in [0, 0.05) is 17.0 Å². The summed E-state index contributed by atoms with van der Waals surface area (Å²) in [5, 5.41) is 10.0. The Morgan fingerprint density at radius 1 is 1.07 bits per heavy atom. The number of thiazole rings is 1. The molecule has 1 N–H and O–H groups in total. The largest absolute Gasteiger partial charge is 0.497 e. The average molecular weight is 420 g/mol. The third-order valence-electron chi connectivity index (χ3n) is 4.48. The van der Waals surface area contributed by atoms with Gasteiger partial charge in [0.1, 0.15) is 17.3 Å². The first-order chi connectivity index (χ1) is 14.6. The molecule has 0 bridgehead atoms. The zero-order valence-electron chi connectivity index (χ0n) is 16.7. The van der Waals surface area contributed by atoms with Gasteiger partial charge in [0.05, 0.1) is 31.2 Å². The van der Waals surface area contributed by atoms with Crippen molar-refractivity contribution in [2.24, 2.45) is 0 Å². The van der Waals surface area contributed by atoms with Crippen LogP contribution < -0.4 is 14.8 Å². The number of rotatable bonds is 6. The molecule has 0 unspecified atom stereocenters. The first kappa shape index (κ1) is 19.7. The molecule has 152 valence electrons. The number of carbonyl (C=O) groups is 1. The Labute approximate surface area is 177 Å². The molecule has 2 heterocycles. The molecular formula is C22H20N4O3S. The zero-order chi connectivity index (χ0) is 21.1. The van der Waals surface area contributed by atoms with E-state index in [9.17, 15) is 4.79 Å². The maximum Gasteiger partial charge on any atom is 0.260 e. The third-order valence-corrected chi connectivity index (χ3v) is 5.30. The Kier molecular flexibility index (Phi) is 5.49. The van der Waals surface area contributed by atoms with Crippen LogP contribution in [0.3, 0.4) is 0 Å². The number of hydrogen-bond donors (Lipinski definition) is 1. The second kappa shape index (κ2) is 8.38. The van der Waals surface area contributed by atoms with E-state index in [1.54, 1.807) is 30.0 Å². The fourth-order valence-corrected chi connectivity index (χ4v) is 3.80. The first-order valence-electron chi connectivity index (χ1n) is 9.20. The van der Waals surface area contributed by atoms with E-state index in [0.29, 0.717) is 22.3 Å². The molecule has 7 nitrogen and oxygen atoms in total. The van der Waals surface area contributed by atoms with Crippen LogP contribution >= 0.6 is 11.3 Å². The Hall–Kier alpha value is -3.65. The number of nitrogens with zero attached hydrogens (tertiary/aromatic N) is 3. The smallest absolute Gasteiger partial charge is 0.260 e. The number of carbonyl (C=O) groups excluding carboxylic acids is 1. The number of ether oxygens (including phenoxy) is 2. The number of methoxy groups -OCH3 is 2. The van der Waals surface area contributed by atoms with E-state index in [4.69, 9.17) is 14.5 Å². The molecule has 2 aromatic carbocycles. The SMILES string of the molecule is COc1ccc(-c2csc(-n3nc(C)cc3NC(=O)c3ccccc3OC)n2)cc1. The van der Waals surface area contributed by atoms with Crippen molar-refractivity contribution in [3.8, 4) is 27.9 Å². The van der Waals surface area contributed by atoms with Crippen molar-refractivity contribution in [2.45, 2.75) is 6.92 Å². The molecule has 0 spiro atoms. The van der Waals surface area contributed by atoms with Gasteiger partial charge in [-0.05, 0) is 43.3 Å². The van der Waals surface area contributed by atoms with Crippen LogP contribution in [0.5, 0.6) is 11.5 Å². The van der Waals surface area contributed by atoms with E-state index in [1.807, 2.05) is 48.7 Å². The number of hydrogen-bond acceptors (Lipinski definition) is 6. The van der Waals surface area contributed by atoms with E-state index in [-0.39, 0.29) is 5.91 Å². The van der Waals surface area contributed by atoms with Crippen molar-refractivity contribution in [1.29, 1.82) is 0 Å². The van der Waals surface area contributed by atoms with Gasteiger partial charge in [-0.3, -0.25) is 4.79 Å². The molecule has 8 heteroatoms. The Bertz CT molecular complexity index is 1180. The zero-order valence-corrected chi connectivity index (χ0v) is 17.6. The summed E-state index contributed by atoms with van der Waals surface area (Å²) in [4.78, 5) is 17.5. The van der Waals surface area contributed by atoms with Crippen molar-refractivity contribution >= 4 is 23.1 Å². The minimum Gasteiger partial charge on any atom is -0.497 e. The van der Waals surface area contributed by atoms with Crippen LogP contribution in [0.4, 0.5) is 5.82 Å². The molecule has 0 radical (unpaired) electrons. The molecule has 0 aliphatic carbocycles. The second-order valence-electron chi connectivity index (χ2n) is 6.48. The van der Waals surface area contributed by atoms with E-state index < -0.39 is 0 Å². The van der Waals surface area contributed by atoms with Crippen LogP contribution in [0, 0.1) is 6.92 Å². The molecule has 0 fully saturated rings. The summed E-state index contributed by atoms with van der Waals surface area (Å²) in [5.41, 5.74) is 3.02. The lowest BCUT2D eigenvalue weighted by molar-refractivity contribution is 0.102. The minimum atomic E-state index is -0.277. The summed E-state index contributed by atoms with van der Waals surface area (Å²) in [6, 6.07) is 16.6. The number of aromatic nitrogens is 3. The van der Waals surface area contributed by atoms with Crippen molar-refractivity contribution in [3.05, 3.63) is 71.2 Å². The van der Waals surface area contributed by atoms with Crippen molar-refractivity contribution in [1.82, 2.24) is 14.8 Å². The maximum atomic E-state index is 12.8. The molecule has 0 saturated carbocycles. The lowest BCUT2D eigenvalue weighted by atomic mass is 10.2. The van der Waals surface area contributed by atoms with Crippen LogP contribution in [0.15, 0.2) is 60.0 Å². The van der Waals surface area contributed by atoms with Gasteiger partial charge in [0.15, 0.2) is 0 Å². The van der Waals surface area contributed by atoms with Crippen molar-refractivity contribution < 1.29 is 14.3 Å². The maximum absolute atomic E-state index is 12.8. The molecule has 0 aliphatic heterocycles. The standard InChI is InChI=1S/C22H20N4O3S/c1-14-12-20(24-21(27)17-6-4-5-7-19(17)29-3)26(25-14)22-23-18(13-30-22)15-8-10-16(28-2)11-9-15/h4-13H,1-3H3,(H,24,27). The molecule has 2 aromatic heterocycles. The second-order valence-corrected chi connectivity index (χ2v) is 7.32. The number of anilines is 1. The Morgan fingerprint density at radius 3 is 2.57 bits per heavy atom. The van der Waals surface area contributed by atoms with Gasteiger partial charge < -0.3 is 14.8 Å². The number of nitrogens with one attached hydrogen (secondary N) is 1. The molecule has 0 aliphatic rings. The third kappa shape index (κ3) is 3.90. The van der Waals surface area contributed by atoms with Gasteiger partial charge in [-0.1, -0.05) is 12.1 Å². The molecular weight excluding hydrogens is 400 g/mol. The predicted octanol–water partition coefficient (Wildman–Crippen LogP) is 4.57. The van der Waals surface area contributed by atoms with E-state index in [2.05, 4.69) is 10.4 Å². The normalized spacial score (nSPS) is 10.6. The van der Waals surface area contributed by atoms with Crippen LogP contribution in [0.2, 0.25) is 0 Å². The number of benzene rings is 2. The average Bonchev–Trinajstić information content (AvgIpc) is 3.40. The van der Waals surface area contributed by atoms with Gasteiger partial charge >= 0.3 is 0 Å². The highest BCUT2D eigenvalue weighted by Gasteiger charge is 2.17. The summed E-state index contributed by atoms with van der Waals surface area (Å²) >= 11 is 1.45. The quantitative estimate of drug-likeness (QED) is 0.494. The Balaban J connectivity index is 1.62. The van der Waals surface area contributed by atoms with Crippen LogP contribution in [-0.4, -0.2) is 34.9 Å². The van der Waals surface area contributed by atoms with Crippen LogP contribution in [0.1, 0.15) is 16.1 Å². The first-order valence-corrected chi connectivity index (χ1v) is 10.1. The van der Waals surface area contributed by atoms with E-state index in [0.717, 1.165) is 22.7 Å². The lowest BCUT2D eigenvalue weighted by Crippen LogP contribution is -2.16. The van der Waals surface area contributed by atoms with Crippen molar-refractivity contribution in [2.75, 3.05) is 19.5 Å². The van der Waals surface area contributed by atoms with Gasteiger partial charge in [-0.2, -0.15) is 9.78 Å². The highest BCUT2D eigenvalue weighted by molar-refractivity contribution is 7.12. The fourth-order valence-electron chi connectivity index (χ4n) is 3.01. The molecule has 4 rings (SSSR count). The van der Waals surface area contributed by atoms with E-state index in [1.165, 1.54) is 18.4 Å². The van der Waals surface area contributed by atoms with E-state index >= 15 is 0 Å². The minimum absolute atomic E-state index is 0.277. The van der Waals surface area contributed by atoms with Crippen LogP contribution in [-0.2, 0) is 0 Å². The summed E-state index contributed by atoms with van der Waals surface area (Å²) in [7, 11) is 3.17. The lowest BCUT2D eigenvalue weighted by Gasteiger charge is -2.09. The summed E-state index contributed by atoms with van der Waals surface area (Å²) in [6.45, 7) is 1.87. The summed E-state index contributed by atoms with van der Waals surface area (Å²) in [5.74, 6) is 1.56. The highest BCUT2D eigenvalue weighted by atomic mass is 32.1. The number of para-hydroxylation sites is 1. The number of aryl methyl sites for hydroxylation is 1. The fraction of sp³-hybridized carbons (Fsp3) is 0.136. The molecule has 1 amide bonds. The molecule has 4 aromatic rings.